The molecule has 4 heteroatoms. The van der Waals surface area contributed by atoms with Gasteiger partial charge in [0.1, 0.15) is 0 Å². The van der Waals surface area contributed by atoms with Crippen LogP contribution >= 0.6 is 23.5 Å². The maximum atomic E-state index is 11.5. The monoisotopic (exact) mass is 248 g/mol. The van der Waals surface area contributed by atoms with E-state index < -0.39 is 0 Å². The first-order chi connectivity index (χ1) is 6.49. The normalized spacial score (nSPS) is 12.7. The Morgan fingerprint density at radius 1 is 0.800 bits per heavy atom. The summed E-state index contributed by atoms with van der Waals surface area (Å²) >= 11 is 2.48. The summed E-state index contributed by atoms with van der Waals surface area (Å²) in [6.45, 7) is 11.8. The van der Waals surface area contributed by atoms with E-state index in [1.807, 2.05) is 41.5 Å². The second kappa shape index (κ2) is 5.39. The molecule has 0 rings (SSSR count). The molecular weight excluding hydrogens is 228 g/mol. The zero-order valence-electron chi connectivity index (χ0n) is 10.3. The highest BCUT2D eigenvalue weighted by Gasteiger charge is 2.22. The van der Waals surface area contributed by atoms with Gasteiger partial charge in [0.15, 0.2) is 10.2 Å². The van der Waals surface area contributed by atoms with Gasteiger partial charge in [-0.1, -0.05) is 65.1 Å². The number of carbonyl (C=O) groups excluding carboxylic acids is 2. The van der Waals surface area contributed by atoms with E-state index in [9.17, 15) is 9.59 Å². The van der Waals surface area contributed by atoms with Crippen LogP contribution < -0.4 is 0 Å². The molecule has 0 amide bonds. The third-order valence-corrected chi connectivity index (χ3v) is 3.10. The average Bonchev–Trinajstić information content (AvgIpc) is 1.73. The van der Waals surface area contributed by atoms with E-state index in [0.29, 0.717) is 0 Å². The van der Waals surface area contributed by atoms with Gasteiger partial charge in [-0.3, -0.25) is 9.59 Å². The molecule has 0 radical (unpaired) electrons. The van der Waals surface area contributed by atoms with Crippen molar-refractivity contribution in [3.63, 3.8) is 0 Å². The highest BCUT2D eigenvalue weighted by molar-refractivity contribution is 8.16. The zero-order chi connectivity index (χ0) is 12.3. The number of hydrogen-bond acceptors (Lipinski definition) is 4. The van der Waals surface area contributed by atoms with Gasteiger partial charge in [0.25, 0.3) is 0 Å². The molecule has 0 aromatic rings. The second-order valence-electron chi connectivity index (χ2n) is 5.35. The van der Waals surface area contributed by atoms with Crippen LogP contribution in [0.3, 0.4) is 0 Å². The van der Waals surface area contributed by atoms with E-state index in [4.69, 9.17) is 0 Å². The molecule has 0 fully saturated rings. The van der Waals surface area contributed by atoms with Crippen molar-refractivity contribution in [3.05, 3.63) is 0 Å². The minimum atomic E-state index is -0.107. The largest absolute Gasteiger partial charge is 0.287 e. The molecule has 0 aliphatic heterocycles. The maximum Gasteiger partial charge on any atom is 0.197 e. The van der Waals surface area contributed by atoms with E-state index in [-0.39, 0.29) is 26.1 Å². The number of rotatable bonds is 2. The Bertz CT molecular complexity index is 220. The van der Waals surface area contributed by atoms with Crippen molar-refractivity contribution < 1.29 is 9.59 Å². The summed E-state index contributed by atoms with van der Waals surface area (Å²) in [5.41, 5.74) is 0. The Morgan fingerprint density at radius 3 is 1.27 bits per heavy atom. The molecule has 0 atom stereocenters. The third-order valence-electron chi connectivity index (χ3n) is 1.13. The van der Waals surface area contributed by atoms with Crippen molar-refractivity contribution in [1.29, 1.82) is 0 Å². The minimum absolute atomic E-state index is 0.0316. The number of thioether (sulfide) groups is 2. The summed E-state index contributed by atoms with van der Waals surface area (Å²) in [6, 6.07) is 0. The first kappa shape index (κ1) is 15.0. The lowest BCUT2D eigenvalue weighted by Crippen LogP contribution is -2.16. The van der Waals surface area contributed by atoms with Gasteiger partial charge < -0.3 is 0 Å². The number of carbonyl (C=O) groups is 2. The minimum Gasteiger partial charge on any atom is -0.287 e. The lowest BCUT2D eigenvalue weighted by molar-refractivity contribution is -0.117. The Kier molecular flexibility index (Phi) is 5.41. The lowest BCUT2D eigenvalue weighted by atomic mass is 10.3. The van der Waals surface area contributed by atoms with Gasteiger partial charge in [-0.15, -0.1) is 0 Å². The van der Waals surface area contributed by atoms with E-state index in [1.165, 1.54) is 23.5 Å². The molecule has 0 saturated carbocycles. The van der Waals surface area contributed by atoms with Crippen LogP contribution in [0.25, 0.3) is 0 Å². The molecule has 0 saturated heterocycles. The molecule has 0 aliphatic carbocycles. The molecular formula is C11H20O2S2. The van der Waals surface area contributed by atoms with Crippen LogP contribution in [0.2, 0.25) is 0 Å². The molecule has 0 spiro atoms. The second-order valence-corrected chi connectivity index (χ2v) is 9.12. The first-order valence-electron chi connectivity index (χ1n) is 4.93. The predicted octanol–water partition coefficient (Wildman–Crippen LogP) is 3.49. The Hall–Kier alpha value is 0.0400. The van der Waals surface area contributed by atoms with Crippen molar-refractivity contribution in [3.8, 4) is 0 Å². The van der Waals surface area contributed by atoms with E-state index in [1.54, 1.807) is 0 Å². The predicted molar refractivity (Wildman–Crippen MR) is 69.3 cm³/mol. The Labute approximate surface area is 101 Å². The lowest BCUT2D eigenvalue weighted by Gasteiger charge is -2.18. The summed E-state index contributed by atoms with van der Waals surface area (Å²) in [5, 5.41) is -0.0755. The van der Waals surface area contributed by atoms with Crippen LogP contribution in [0.4, 0.5) is 0 Å². The molecule has 0 aromatic heterocycles. The molecule has 0 heterocycles. The van der Waals surface area contributed by atoms with Crippen LogP contribution in [-0.4, -0.2) is 19.7 Å². The van der Waals surface area contributed by atoms with Gasteiger partial charge in [0, 0.05) is 9.49 Å². The smallest absolute Gasteiger partial charge is 0.197 e. The van der Waals surface area contributed by atoms with Crippen molar-refractivity contribution in [2.75, 3.05) is 0 Å². The van der Waals surface area contributed by atoms with E-state index in [2.05, 4.69) is 0 Å². The van der Waals surface area contributed by atoms with Gasteiger partial charge in [0.2, 0.25) is 0 Å². The molecule has 2 nitrogen and oxygen atoms in total. The highest BCUT2D eigenvalue weighted by atomic mass is 32.2. The van der Waals surface area contributed by atoms with Crippen molar-refractivity contribution in [2.24, 2.45) is 0 Å². The average molecular weight is 248 g/mol. The van der Waals surface area contributed by atoms with Crippen molar-refractivity contribution in [2.45, 2.75) is 57.5 Å². The Balaban J connectivity index is 4.04. The molecule has 0 unspecified atom stereocenters. The molecule has 0 N–H and O–H groups in total. The van der Waals surface area contributed by atoms with Crippen LogP contribution in [0.1, 0.15) is 48.0 Å². The van der Waals surface area contributed by atoms with Gasteiger partial charge in [-0.25, -0.2) is 0 Å². The van der Waals surface area contributed by atoms with Crippen LogP contribution in [0, 0.1) is 0 Å². The quantitative estimate of drug-likeness (QED) is 0.701. The van der Waals surface area contributed by atoms with E-state index in [0.717, 1.165) is 0 Å². The molecule has 0 aromatic carbocycles. The molecule has 88 valence electrons. The topological polar surface area (TPSA) is 34.1 Å². The van der Waals surface area contributed by atoms with Crippen LogP contribution in [0.15, 0.2) is 0 Å². The van der Waals surface area contributed by atoms with Crippen LogP contribution in [0.5, 0.6) is 0 Å². The third kappa shape index (κ3) is 10.3. The molecule has 0 aliphatic rings. The summed E-state index contributed by atoms with van der Waals surface area (Å²) in [4.78, 5) is 23.0. The summed E-state index contributed by atoms with van der Waals surface area (Å²) in [7, 11) is 0. The van der Waals surface area contributed by atoms with Gasteiger partial charge in [-0.05, 0) is 0 Å². The maximum absolute atomic E-state index is 11.5. The fourth-order valence-electron chi connectivity index (χ4n) is 0.873. The zero-order valence-corrected chi connectivity index (χ0v) is 12.0. The SMILES string of the molecule is CC(C)(C)SC(=O)CC(=O)SC(C)(C)C. The van der Waals surface area contributed by atoms with Crippen LogP contribution in [-0.2, 0) is 9.59 Å². The van der Waals surface area contributed by atoms with Crippen molar-refractivity contribution >= 4 is 33.8 Å². The van der Waals surface area contributed by atoms with Gasteiger partial charge in [0.05, 0.1) is 6.42 Å². The molecule has 0 bridgehead atoms. The highest BCUT2D eigenvalue weighted by Crippen LogP contribution is 2.29. The summed E-state index contributed by atoms with van der Waals surface area (Å²) < 4.78 is -0.215. The standard InChI is InChI=1S/C11H20O2S2/c1-10(2,3)14-8(12)7-9(13)15-11(4,5)6/h7H2,1-6H3. The summed E-state index contributed by atoms with van der Waals surface area (Å²) in [5.74, 6) is 0. The molecule has 15 heavy (non-hydrogen) atoms. The Morgan fingerprint density at radius 2 is 1.07 bits per heavy atom. The number of hydrogen-bond donors (Lipinski definition) is 0. The summed E-state index contributed by atoms with van der Waals surface area (Å²) in [6.07, 6.45) is 0.0316. The van der Waals surface area contributed by atoms with Gasteiger partial charge in [-0.2, -0.15) is 0 Å². The van der Waals surface area contributed by atoms with Gasteiger partial charge >= 0.3 is 0 Å². The van der Waals surface area contributed by atoms with Crippen molar-refractivity contribution in [1.82, 2.24) is 0 Å². The fourth-order valence-corrected chi connectivity index (χ4v) is 2.74. The first-order valence-corrected chi connectivity index (χ1v) is 6.56. The van der Waals surface area contributed by atoms with E-state index >= 15 is 0 Å². The fraction of sp³-hybridized carbons (Fsp3) is 0.818.